The van der Waals surface area contributed by atoms with E-state index < -0.39 is 0 Å². The maximum atomic E-state index is 6.55. The molecular weight excluding hydrogens is 334 g/mol. The van der Waals surface area contributed by atoms with Crippen molar-refractivity contribution in [2.75, 3.05) is 7.11 Å². The molecule has 0 amide bonds. The lowest BCUT2D eigenvalue weighted by Gasteiger charge is -2.57. The van der Waals surface area contributed by atoms with E-state index in [1.54, 1.807) is 7.11 Å². The minimum Gasteiger partial charge on any atom is -0.493 e. The van der Waals surface area contributed by atoms with Crippen molar-refractivity contribution in [1.29, 1.82) is 0 Å². The Balaban J connectivity index is 1.49. The van der Waals surface area contributed by atoms with Gasteiger partial charge in [0.05, 0.1) is 13.2 Å². The molecule has 5 rings (SSSR count). The van der Waals surface area contributed by atoms with E-state index in [1.165, 1.54) is 38.5 Å². The summed E-state index contributed by atoms with van der Waals surface area (Å²) in [6.07, 6.45) is 8.55. The zero-order valence-electron chi connectivity index (χ0n) is 15.6. The quantitative estimate of drug-likeness (QED) is 0.754. The van der Waals surface area contributed by atoms with Crippen molar-refractivity contribution >= 4 is 11.6 Å². The molecule has 1 N–H and O–H groups in total. The number of hydrogen-bond donors (Lipinski definition) is 1. The van der Waals surface area contributed by atoms with E-state index in [0.29, 0.717) is 5.54 Å². The summed E-state index contributed by atoms with van der Waals surface area (Å²) in [6, 6.07) is 3.94. The van der Waals surface area contributed by atoms with Crippen LogP contribution in [0.2, 0.25) is 5.02 Å². The highest BCUT2D eigenvalue weighted by Crippen LogP contribution is 2.55. The highest BCUT2D eigenvalue weighted by Gasteiger charge is 2.50. The van der Waals surface area contributed by atoms with Crippen molar-refractivity contribution < 1.29 is 9.47 Å². The Bertz CT molecular complexity index is 608. The molecule has 0 radical (unpaired) electrons. The fraction of sp³-hybridized carbons (Fsp3) is 0.714. The maximum absolute atomic E-state index is 6.55. The third kappa shape index (κ3) is 3.50. The summed E-state index contributed by atoms with van der Waals surface area (Å²) in [6.45, 7) is 4.83. The lowest BCUT2D eigenvalue weighted by Crippen LogP contribution is -2.58. The van der Waals surface area contributed by atoms with Crippen molar-refractivity contribution in [3.05, 3.63) is 22.7 Å². The molecule has 4 heteroatoms. The van der Waals surface area contributed by atoms with Gasteiger partial charge in [0.2, 0.25) is 0 Å². The molecule has 0 aromatic heterocycles. The second-order valence-electron chi connectivity index (χ2n) is 8.81. The van der Waals surface area contributed by atoms with E-state index in [2.05, 4.69) is 5.32 Å². The van der Waals surface area contributed by atoms with Crippen LogP contribution in [-0.2, 0) is 6.54 Å². The summed E-state index contributed by atoms with van der Waals surface area (Å²) in [5.41, 5.74) is 1.45. The molecule has 138 valence electrons. The van der Waals surface area contributed by atoms with E-state index in [0.717, 1.165) is 46.4 Å². The first-order valence-electron chi connectivity index (χ1n) is 9.74. The van der Waals surface area contributed by atoms with Crippen LogP contribution in [0.5, 0.6) is 11.5 Å². The zero-order valence-corrected chi connectivity index (χ0v) is 16.4. The van der Waals surface area contributed by atoms with Gasteiger partial charge in [-0.2, -0.15) is 0 Å². The van der Waals surface area contributed by atoms with Crippen LogP contribution in [0.4, 0.5) is 0 Å². The number of nitrogens with one attached hydrogen (secondary N) is 1. The lowest BCUT2D eigenvalue weighted by atomic mass is 9.53. The summed E-state index contributed by atoms with van der Waals surface area (Å²) in [4.78, 5) is 0. The molecule has 0 aliphatic heterocycles. The van der Waals surface area contributed by atoms with Crippen molar-refractivity contribution in [3.63, 3.8) is 0 Å². The fourth-order valence-electron chi connectivity index (χ4n) is 5.83. The summed E-state index contributed by atoms with van der Waals surface area (Å²) in [7, 11) is 1.69. The first kappa shape index (κ1) is 17.5. The minimum atomic E-state index is 0.0981. The van der Waals surface area contributed by atoms with Crippen molar-refractivity contribution in [1.82, 2.24) is 5.32 Å². The molecule has 3 nitrogen and oxygen atoms in total. The summed E-state index contributed by atoms with van der Waals surface area (Å²) in [5.74, 6) is 4.34. The molecular formula is C21H30ClNO2. The molecule has 0 unspecified atom stereocenters. The predicted octanol–water partition coefficient (Wildman–Crippen LogP) is 5.19. The Morgan fingerprint density at radius 1 is 1.08 bits per heavy atom. The Kier molecular flexibility index (Phi) is 4.66. The van der Waals surface area contributed by atoms with Crippen LogP contribution >= 0.6 is 11.6 Å². The predicted molar refractivity (Wildman–Crippen MR) is 102 cm³/mol. The van der Waals surface area contributed by atoms with Gasteiger partial charge in [-0.25, -0.2) is 0 Å². The first-order chi connectivity index (χ1) is 12.0. The van der Waals surface area contributed by atoms with Gasteiger partial charge in [0.15, 0.2) is 11.5 Å². The molecule has 4 aliphatic carbocycles. The number of rotatable bonds is 6. The van der Waals surface area contributed by atoms with Crippen LogP contribution < -0.4 is 14.8 Å². The van der Waals surface area contributed by atoms with Crippen molar-refractivity contribution in [3.8, 4) is 11.5 Å². The number of ether oxygens (including phenoxy) is 2. The lowest BCUT2D eigenvalue weighted by molar-refractivity contribution is -0.0206. The van der Waals surface area contributed by atoms with Crippen LogP contribution in [-0.4, -0.2) is 18.8 Å². The highest BCUT2D eigenvalue weighted by molar-refractivity contribution is 6.31. The molecule has 4 fully saturated rings. The minimum absolute atomic E-state index is 0.0981. The molecule has 0 heterocycles. The van der Waals surface area contributed by atoms with Gasteiger partial charge < -0.3 is 14.8 Å². The fourth-order valence-corrected chi connectivity index (χ4v) is 6.05. The molecule has 1 aromatic carbocycles. The van der Waals surface area contributed by atoms with Crippen LogP contribution in [0.3, 0.4) is 0 Å². The molecule has 4 saturated carbocycles. The molecule has 0 saturated heterocycles. The molecule has 25 heavy (non-hydrogen) atoms. The highest BCUT2D eigenvalue weighted by atomic mass is 35.5. The van der Waals surface area contributed by atoms with Crippen molar-refractivity contribution in [2.24, 2.45) is 17.8 Å². The van der Waals surface area contributed by atoms with Gasteiger partial charge in [-0.15, -0.1) is 0 Å². The summed E-state index contributed by atoms with van der Waals surface area (Å²) < 4.78 is 11.3. The van der Waals surface area contributed by atoms with Gasteiger partial charge in [-0.1, -0.05) is 11.6 Å². The van der Waals surface area contributed by atoms with Gasteiger partial charge >= 0.3 is 0 Å². The third-order valence-corrected chi connectivity index (χ3v) is 6.74. The van der Waals surface area contributed by atoms with Gasteiger partial charge in [-0.3, -0.25) is 0 Å². The van der Waals surface area contributed by atoms with E-state index in [4.69, 9.17) is 21.1 Å². The Labute approximate surface area is 156 Å². The monoisotopic (exact) mass is 363 g/mol. The topological polar surface area (TPSA) is 30.5 Å². The molecule has 1 aromatic rings. The summed E-state index contributed by atoms with van der Waals surface area (Å²) in [5, 5.41) is 4.67. The van der Waals surface area contributed by atoms with E-state index in [-0.39, 0.29) is 6.10 Å². The van der Waals surface area contributed by atoms with Gasteiger partial charge in [0, 0.05) is 23.2 Å². The second kappa shape index (κ2) is 6.66. The second-order valence-corrected chi connectivity index (χ2v) is 9.22. The standard InChI is InChI=1S/C21H30ClNO2/c1-13(2)25-20-8-18(22)17(7-19(20)24-3)12-23-21-9-14-4-15(10-21)6-16(5-14)11-21/h7-8,13-16,23H,4-6,9-12H2,1-3H3. The van der Waals surface area contributed by atoms with Gasteiger partial charge in [0.1, 0.15) is 0 Å². The number of hydrogen-bond acceptors (Lipinski definition) is 3. The van der Waals surface area contributed by atoms with Crippen LogP contribution in [0, 0.1) is 17.8 Å². The number of methoxy groups -OCH3 is 1. The zero-order chi connectivity index (χ0) is 17.6. The molecule has 4 bridgehead atoms. The molecule has 0 spiro atoms. The number of benzene rings is 1. The van der Waals surface area contributed by atoms with Crippen LogP contribution in [0.1, 0.15) is 57.9 Å². The first-order valence-corrected chi connectivity index (χ1v) is 10.1. The van der Waals surface area contributed by atoms with Crippen LogP contribution in [0.15, 0.2) is 12.1 Å². The Morgan fingerprint density at radius 2 is 1.68 bits per heavy atom. The Morgan fingerprint density at radius 3 is 2.20 bits per heavy atom. The van der Waals surface area contributed by atoms with Crippen LogP contribution in [0.25, 0.3) is 0 Å². The van der Waals surface area contributed by atoms with E-state index in [1.807, 2.05) is 26.0 Å². The Hall–Kier alpha value is -0.930. The molecule has 0 atom stereocenters. The average molecular weight is 364 g/mol. The normalized spacial score (nSPS) is 33.1. The molecule has 4 aliphatic rings. The average Bonchev–Trinajstić information content (AvgIpc) is 2.52. The van der Waals surface area contributed by atoms with E-state index in [9.17, 15) is 0 Å². The third-order valence-electron chi connectivity index (χ3n) is 6.39. The summed E-state index contributed by atoms with van der Waals surface area (Å²) >= 11 is 6.55. The SMILES string of the molecule is COc1cc(CNC23CC4CC(CC(C4)C2)C3)c(Cl)cc1OC(C)C. The van der Waals surface area contributed by atoms with Gasteiger partial charge in [0.25, 0.3) is 0 Å². The van der Waals surface area contributed by atoms with Gasteiger partial charge in [-0.05, 0) is 81.8 Å². The van der Waals surface area contributed by atoms with Crippen molar-refractivity contribution in [2.45, 2.75) is 70.6 Å². The largest absolute Gasteiger partial charge is 0.493 e. The smallest absolute Gasteiger partial charge is 0.163 e. The maximum Gasteiger partial charge on any atom is 0.163 e. The van der Waals surface area contributed by atoms with E-state index >= 15 is 0 Å². The number of halogens is 1.